The van der Waals surface area contributed by atoms with Crippen molar-refractivity contribution in [3.63, 3.8) is 0 Å². The standard InChI is InChI=1S/C76H147NO5/c1-3-5-7-9-11-13-15-16-17-18-36-40-43-46-50-54-58-62-66-70-76(81)82-71-67-63-59-55-51-47-44-41-38-35-33-31-29-27-25-23-21-19-20-22-24-26-28-30-32-34-37-39-42-45-49-53-57-61-65-69-75(80)77-73(72-78)74(79)68-64-60-56-52-48-14-12-10-8-6-4-2/h21,23,64,68,73-74,78-79H,3-20,22,24-63,65-67,69-72H2,1-2H3,(H,77,80)/b23-21-,68-64+. The van der Waals surface area contributed by atoms with Gasteiger partial charge in [-0.15, -0.1) is 0 Å². The number of hydrogen-bond acceptors (Lipinski definition) is 5. The molecule has 2 atom stereocenters. The van der Waals surface area contributed by atoms with Crippen molar-refractivity contribution in [1.82, 2.24) is 5.32 Å². The van der Waals surface area contributed by atoms with Crippen molar-refractivity contribution in [2.24, 2.45) is 0 Å². The van der Waals surface area contributed by atoms with Crippen LogP contribution >= 0.6 is 0 Å². The van der Waals surface area contributed by atoms with E-state index in [0.29, 0.717) is 19.4 Å². The van der Waals surface area contributed by atoms with Gasteiger partial charge in [0.25, 0.3) is 0 Å². The van der Waals surface area contributed by atoms with Gasteiger partial charge in [-0.05, 0) is 57.8 Å². The van der Waals surface area contributed by atoms with Crippen LogP contribution in [0, 0.1) is 0 Å². The number of aliphatic hydroxyl groups excluding tert-OH is 2. The van der Waals surface area contributed by atoms with E-state index >= 15 is 0 Å². The Morgan fingerprint density at radius 3 is 0.866 bits per heavy atom. The minimum absolute atomic E-state index is 0.0255. The van der Waals surface area contributed by atoms with Gasteiger partial charge in [-0.3, -0.25) is 9.59 Å². The van der Waals surface area contributed by atoms with Crippen LogP contribution in [0.5, 0.6) is 0 Å². The molecule has 486 valence electrons. The van der Waals surface area contributed by atoms with Crippen LogP contribution in [0.15, 0.2) is 24.3 Å². The lowest BCUT2D eigenvalue weighted by molar-refractivity contribution is -0.143. The third-order valence-electron chi connectivity index (χ3n) is 17.7. The van der Waals surface area contributed by atoms with Crippen LogP contribution in [-0.4, -0.2) is 47.4 Å². The highest BCUT2D eigenvalue weighted by atomic mass is 16.5. The van der Waals surface area contributed by atoms with Gasteiger partial charge in [-0.25, -0.2) is 0 Å². The summed E-state index contributed by atoms with van der Waals surface area (Å²) < 4.78 is 5.52. The number of esters is 1. The molecular weight excluding hydrogens is 1010 g/mol. The number of amides is 1. The molecule has 0 radical (unpaired) electrons. The van der Waals surface area contributed by atoms with E-state index in [-0.39, 0.29) is 18.5 Å². The summed E-state index contributed by atoms with van der Waals surface area (Å²) in [6.45, 7) is 4.93. The van der Waals surface area contributed by atoms with E-state index in [1.165, 1.54) is 360 Å². The van der Waals surface area contributed by atoms with Gasteiger partial charge in [-0.1, -0.05) is 378 Å². The van der Waals surface area contributed by atoms with E-state index in [1.54, 1.807) is 6.08 Å². The fourth-order valence-electron chi connectivity index (χ4n) is 12.0. The first-order valence-electron chi connectivity index (χ1n) is 37.6. The molecule has 0 rings (SSSR count). The third-order valence-corrected chi connectivity index (χ3v) is 17.7. The minimum atomic E-state index is -0.840. The first kappa shape index (κ1) is 80.3. The van der Waals surface area contributed by atoms with Gasteiger partial charge in [0, 0.05) is 12.8 Å². The summed E-state index contributed by atoms with van der Waals surface area (Å²) >= 11 is 0. The van der Waals surface area contributed by atoms with E-state index in [9.17, 15) is 19.8 Å². The predicted octanol–water partition coefficient (Wildman–Crippen LogP) is 24.5. The Balaban J connectivity index is 3.31. The highest BCUT2D eigenvalue weighted by molar-refractivity contribution is 5.76. The Morgan fingerprint density at radius 2 is 0.573 bits per heavy atom. The second-order valence-corrected chi connectivity index (χ2v) is 26.0. The number of carbonyl (C=O) groups excluding carboxylic acids is 2. The number of hydrogen-bond donors (Lipinski definition) is 3. The van der Waals surface area contributed by atoms with Gasteiger partial charge in [0.2, 0.25) is 5.91 Å². The average Bonchev–Trinajstić information content (AvgIpc) is 3.48. The molecule has 1 amide bonds. The van der Waals surface area contributed by atoms with E-state index in [4.69, 9.17) is 4.74 Å². The van der Waals surface area contributed by atoms with Crippen LogP contribution < -0.4 is 5.32 Å². The summed E-state index contributed by atoms with van der Waals surface area (Å²) in [4.78, 5) is 24.6. The first-order chi connectivity index (χ1) is 40.5. The lowest BCUT2D eigenvalue weighted by Crippen LogP contribution is -2.45. The van der Waals surface area contributed by atoms with Crippen LogP contribution in [0.1, 0.15) is 425 Å². The molecule has 0 heterocycles. The van der Waals surface area contributed by atoms with Gasteiger partial charge in [0.1, 0.15) is 0 Å². The van der Waals surface area contributed by atoms with Crippen molar-refractivity contribution in [2.45, 2.75) is 437 Å². The van der Waals surface area contributed by atoms with Crippen molar-refractivity contribution in [1.29, 1.82) is 0 Å². The largest absolute Gasteiger partial charge is 0.466 e. The molecule has 2 unspecified atom stereocenters. The minimum Gasteiger partial charge on any atom is -0.466 e. The predicted molar refractivity (Wildman–Crippen MR) is 361 cm³/mol. The zero-order chi connectivity index (χ0) is 59.2. The Bertz CT molecular complexity index is 1280. The molecule has 3 N–H and O–H groups in total. The Kier molecular flexibility index (Phi) is 70.4. The van der Waals surface area contributed by atoms with Crippen LogP contribution in [0.25, 0.3) is 0 Å². The summed E-state index contributed by atoms with van der Waals surface area (Å²) in [7, 11) is 0. The monoisotopic (exact) mass is 1150 g/mol. The molecule has 0 aliphatic rings. The lowest BCUT2D eigenvalue weighted by Gasteiger charge is -2.20. The highest BCUT2D eigenvalue weighted by Gasteiger charge is 2.18. The maximum Gasteiger partial charge on any atom is 0.305 e. The molecule has 0 fully saturated rings. The molecule has 0 saturated carbocycles. The van der Waals surface area contributed by atoms with Gasteiger partial charge in [0.05, 0.1) is 25.4 Å². The third kappa shape index (κ3) is 67.5. The van der Waals surface area contributed by atoms with Crippen molar-refractivity contribution >= 4 is 11.9 Å². The SMILES string of the molecule is CCCCCCCCCCC/C=C/C(O)C(CO)NC(=O)CCCCCCCCCCCCCCCCCCC/C=C\CCCCCCCCCCCCCCCCOC(=O)CCCCCCCCCCCCCCCCCCCCC. The summed E-state index contributed by atoms with van der Waals surface area (Å²) in [5, 5.41) is 23.1. The van der Waals surface area contributed by atoms with E-state index in [1.807, 2.05) is 6.08 Å². The summed E-state index contributed by atoms with van der Waals surface area (Å²) in [5.41, 5.74) is 0. The van der Waals surface area contributed by atoms with Gasteiger partial charge >= 0.3 is 5.97 Å². The molecule has 6 nitrogen and oxygen atoms in total. The topological polar surface area (TPSA) is 95.9 Å². The fraction of sp³-hybridized carbons (Fsp3) is 0.921. The molecule has 0 aromatic rings. The molecule has 0 saturated heterocycles. The first-order valence-corrected chi connectivity index (χ1v) is 37.6. The normalized spacial score (nSPS) is 12.6. The van der Waals surface area contributed by atoms with E-state index in [0.717, 1.165) is 38.5 Å². The van der Waals surface area contributed by atoms with Crippen LogP contribution in [0.4, 0.5) is 0 Å². The number of allylic oxidation sites excluding steroid dienone is 3. The van der Waals surface area contributed by atoms with Crippen LogP contribution in [0.2, 0.25) is 0 Å². The number of ether oxygens (including phenoxy) is 1. The second kappa shape index (κ2) is 71.8. The zero-order valence-electron chi connectivity index (χ0n) is 55.8. The molecule has 0 spiro atoms. The van der Waals surface area contributed by atoms with Crippen LogP contribution in [-0.2, 0) is 14.3 Å². The highest BCUT2D eigenvalue weighted by Crippen LogP contribution is 2.19. The number of nitrogens with one attached hydrogen (secondary N) is 1. The molecule has 0 aliphatic heterocycles. The molecule has 6 heteroatoms. The Morgan fingerprint density at radius 1 is 0.329 bits per heavy atom. The molecule has 0 bridgehead atoms. The van der Waals surface area contributed by atoms with E-state index < -0.39 is 12.1 Å². The Labute approximate surface area is 513 Å². The number of unbranched alkanes of at least 4 members (excludes halogenated alkanes) is 58. The van der Waals surface area contributed by atoms with Crippen molar-refractivity contribution in [3.8, 4) is 0 Å². The molecular formula is C76H147NO5. The molecule has 0 aromatic carbocycles. The number of carbonyl (C=O) groups is 2. The quantitative estimate of drug-likeness (QED) is 0.0320. The van der Waals surface area contributed by atoms with Crippen molar-refractivity contribution < 1.29 is 24.5 Å². The summed E-state index contributed by atoms with van der Waals surface area (Å²) in [6, 6.07) is -0.623. The van der Waals surface area contributed by atoms with Gasteiger partial charge < -0.3 is 20.3 Å². The molecule has 82 heavy (non-hydrogen) atoms. The summed E-state index contributed by atoms with van der Waals surface area (Å²) in [5.74, 6) is -0.0382. The zero-order valence-corrected chi connectivity index (χ0v) is 55.8. The Hall–Kier alpha value is -1.66. The van der Waals surface area contributed by atoms with E-state index in [2.05, 4.69) is 31.3 Å². The smallest absolute Gasteiger partial charge is 0.305 e. The average molecular weight is 1160 g/mol. The number of aliphatic hydroxyl groups is 2. The maximum absolute atomic E-state index is 12.4. The summed E-state index contributed by atoms with van der Waals surface area (Å²) in [6.07, 6.45) is 91.6. The lowest BCUT2D eigenvalue weighted by atomic mass is 10.0. The van der Waals surface area contributed by atoms with Crippen molar-refractivity contribution in [2.75, 3.05) is 13.2 Å². The fourth-order valence-corrected chi connectivity index (χ4v) is 12.0. The van der Waals surface area contributed by atoms with Crippen LogP contribution in [0.3, 0.4) is 0 Å². The molecule has 0 aromatic heterocycles. The number of rotatable bonds is 71. The van der Waals surface area contributed by atoms with Gasteiger partial charge in [0.15, 0.2) is 0 Å². The molecule has 0 aliphatic carbocycles. The maximum atomic E-state index is 12.4. The van der Waals surface area contributed by atoms with Crippen molar-refractivity contribution in [3.05, 3.63) is 24.3 Å². The second-order valence-electron chi connectivity index (χ2n) is 26.0. The van der Waals surface area contributed by atoms with Gasteiger partial charge in [-0.2, -0.15) is 0 Å².